The molecule has 0 radical (unpaired) electrons. The third-order valence-corrected chi connectivity index (χ3v) is 5.40. The van der Waals surface area contributed by atoms with Crippen LogP contribution in [0.2, 0.25) is 5.02 Å². The van der Waals surface area contributed by atoms with Crippen molar-refractivity contribution in [3.8, 4) is 11.5 Å². The van der Waals surface area contributed by atoms with Crippen molar-refractivity contribution < 1.29 is 27.8 Å². The molecule has 0 spiro atoms. The molecule has 1 aliphatic rings. The molecule has 1 heterocycles. The quantitative estimate of drug-likeness (QED) is 0.538. The molecule has 0 saturated carbocycles. The lowest BCUT2D eigenvalue weighted by Crippen LogP contribution is -2.51. The van der Waals surface area contributed by atoms with Crippen molar-refractivity contribution in [3.63, 3.8) is 0 Å². The molecular weight excluding hydrogens is 468 g/mol. The molecule has 7 nitrogen and oxygen atoms in total. The van der Waals surface area contributed by atoms with Crippen LogP contribution in [0.3, 0.4) is 0 Å². The number of rotatable bonds is 9. The standard InChI is InChI=1S/C24H26ClF2N3O4/c1-2-33-21-15-17(3-9-20(21)34-24(26)27)4-10-22(31)28-16-23(32)30-13-11-29(12-14-30)19-7-5-18(25)6-8-19/h3-10,15,24H,2,11-14,16H2,1H3,(H,28,31)/b10-4+. The molecule has 1 aliphatic heterocycles. The Morgan fingerprint density at radius 3 is 2.44 bits per heavy atom. The van der Waals surface area contributed by atoms with Crippen LogP contribution in [0, 0.1) is 0 Å². The van der Waals surface area contributed by atoms with Crippen LogP contribution in [0.25, 0.3) is 6.08 Å². The van der Waals surface area contributed by atoms with Crippen molar-refractivity contribution in [2.45, 2.75) is 13.5 Å². The highest BCUT2D eigenvalue weighted by molar-refractivity contribution is 6.30. The highest BCUT2D eigenvalue weighted by Crippen LogP contribution is 2.30. The van der Waals surface area contributed by atoms with Gasteiger partial charge in [-0.2, -0.15) is 8.78 Å². The van der Waals surface area contributed by atoms with Crippen molar-refractivity contribution >= 4 is 35.2 Å². The molecule has 0 aliphatic carbocycles. The molecule has 1 N–H and O–H groups in total. The van der Waals surface area contributed by atoms with E-state index in [0.717, 1.165) is 5.69 Å². The van der Waals surface area contributed by atoms with Crippen molar-refractivity contribution in [1.82, 2.24) is 10.2 Å². The van der Waals surface area contributed by atoms with E-state index < -0.39 is 12.5 Å². The van der Waals surface area contributed by atoms with Gasteiger partial charge in [-0.25, -0.2) is 0 Å². The van der Waals surface area contributed by atoms with E-state index in [9.17, 15) is 18.4 Å². The van der Waals surface area contributed by atoms with Crippen LogP contribution in [0.4, 0.5) is 14.5 Å². The summed E-state index contributed by atoms with van der Waals surface area (Å²) in [5.41, 5.74) is 1.61. The largest absolute Gasteiger partial charge is 0.490 e. The van der Waals surface area contributed by atoms with E-state index in [4.69, 9.17) is 16.3 Å². The number of hydrogen-bond donors (Lipinski definition) is 1. The minimum absolute atomic E-state index is 0.0831. The molecule has 2 amide bonds. The predicted octanol–water partition coefficient (Wildman–Crippen LogP) is 3.82. The van der Waals surface area contributed by atoms with Crippen LogP contribution in [0.1, 0.15) is 12.5 Å². The second-order valence-corrected chi connectivity index (χ2v) is 7.85. The van der Waals surface area contributed by atoms with Gasteiger partial charge in [0.2, 0.25) is 11.8 Å². The smallest absolute Gasteiger partial charge is 0.387 e. The number of nitrogens with one attached hydrogen (secondary N) is 1. The molecule has 0 aromatic heterocycles. The number of carbonyl (C=O) groups excluding carboxylic acids is 2. The lowest BCUT2D eigenvalue weighted by atomic mass is 10.2. The van der Waals surface area contributed by atoms with Crippen molar-refractivity contribution in [2.24, 2.45) is 0 Å². The SMILES string of the molecule is CCOc1cc(/C=C/C(=O)NCC(=O)N2CCN(c3ccc(Cl)cc3)CC2)ccc1OC(F)F. The number of amides is 2. The summed E-state index contributed by atoms with van der Waals surface area (Å²) in [5, 5.41) is 3.25. The van der Waals surface area contributed by atoms with Crippen molar-refractivity contribution in [1.29, 1.82) is 0 Å². The van der Waals surface area contributed by atoms with Gasteiger partial charge in [0.1, 0.15) is 0 Å². The number of ether oxygens (including phenoxy) is 2. The third-order valence-electron chi connectivity index (χ3n) is 5.15. The highest BCUT2D eigenvalue weighted by Gasteiger charge is 2.21. The third kappa shape index (κ3) is 7.34. The van der Waals surface area contributed by atoms with Gasteiger partial charge in [0.25, 0.3) is 0 Å². The van der Waals surface area contributed by atoms with Crippen LogP contribution in [-0.2, 0) is 9.59 Å². The summed E-state index contributed by atoms with van der Waals surface area (Å²) in [5.74, 6) is -0.540. The molecule has 2 aromatic carbocycles. The number of alkyl halides is 2. The summed E-state index contributed by atoms with van der Waals surface area (Å²) in [7, 11) is 0. The number of benzene rings is 2. The minimum Gasteiger partial charge on any atom is -0.490 e. The zero-order valence-electron chi connectivity index (χ0n) is 18.7. The fraction of sp³-hybridized carbons (Fsp3) is 0.333. The van der Waals surface area contributed by atoms with E-state index in [-0.39, 0.29) is 30.6 Å². The average molecular weight is 494 g/mol. The van der Waals surface area contributed by atoms with Gasteiger partial charge in [-0.15, -0.1) is 0 Å². The van der Waals surface area contributed by atoms with Gasteiger partial charge in [-0.05, 0) is 55.0 Å². The van der Waals surface area contributed by atoms with Crippen LogP contribution >= 0.6 is 11.6 Å². The summed E-state index contributed by atoms with van der Waals surface area (Å²) < 4.78 is 34.8. The van der Waals surface area contributed by atoms with E-state index in [1.165, 1.54) is 30.4 Å². The van der Waals surface area contributed by atoms with E-state index >= 15 is 0 Å². The Bertz CT molecular complexity index is 1010. The van der Waals surface area contributed by atoms with Gasteiger partial charge in [0.05, 0.1) is 13.2 Å². The Balaban J connectivity index is 1.47. The molecule has 2 aromatic rings. The lowest BCUT2D eigenvalue weighted by Gasteiger charge is -2.36. The van der Waals surface area contributed by atoms with Gasteiger partial charge < -0.3 is 24.6 Å². The molecule has 3 rings (SSSR count). The molecule has 0 atom stereocenters. The first-order valence-electron chi connectivity index (χ1n) is 10.8. The second kappa shape index (κ2) is 12.2. The Labute approximate surface area is 201 Å². The van der Waals surface area contributed by atoms with E-state index in [1.807, 2.05) is 24.3 Å². The molecule has 10 heteroatoms. The molecular formula is C24H26ClF2N3O4. The predicted molar refractivity (Wildman–Crippen MR) is 127 cm³/mol. The number of halogens is 3. The zero-order valence-corrected chi connectivity index (χ0v) is 19.4. The fourth-order valence-corrected chi connectivity index (χ4v) is 3.59. The maximum atomic E-state index is 12.5. The van der Waals surface area contributed by atoms with Gasteiger partial charge in [0.15, 0.2) is 11.5 Å². The number of carbonyl (C=O) groups is 2. The van der Waals surface area contributed by atoms with Gasteiger partial charge in [0, 0.05) is 43.0 Å². The lowest BCUT2D eigenvalue weighted by molar-refractivity contribution is -0.132. The molecule has 182 valence electrons. The normalized spacial score (nSPS) is 13.9. The summed E-state index contributed by atoms with van der Waals surface area (Å²) in [4.78, 5) is 28.5. The molecule has 0 unspecified atom stereocenters. The topological polar surface area (TPSA) is 71.1 Å². The summed E-state index contributed by atoms with van der Waals surface area (Å²) in [6.45, 7) is 1.39. The van der Waals surface area contributed by atoms with Crippen LogP contribution in [0.5, 0.6) is 11.5 Å². The molecule has 34 heavy (non-hydrogen) atoms. The summed E-state index contributed by atoms with van der Waals surface area (Å²) in [6, 6.07) is 11.9. The van der Waals surface area contributed by atoms with Crippen LogP contribution in [-0.4, -0.2) is 62.7 Å². The first kappa shape index (κ1) is 25.3. The highest BCUT2D eigenvalue weighted by atomic mass is 35.5. The monoisotopic (exact) mass is 493 g/mol. The fourth-order valence-electron chi connectivity index (χ4n) is 3.46. The number of anilines is 1. The number of hydrogen-bond acceptors (Lipinski definition) is 5. The van der Waals surface area contributed by atoms with Gasteiger partial charge in [-0.3, -0.25) is 9.59 Å². The van der Waals surface area contributed by atoms with Gasteiger partial charge >= 0.3 is 6.61 Å². The van der Waals surface area contributed by atoms with Crippen LogP contribution in [0.15, 0.2) is 48.5 Å². The summed E-state index contributed by atoms with van der Waals surface area (Å²) in [6.07, 6.45) is 2.77. The Kier molecular flexibility index (Phi) is 9.09. The second-order valence-electron chi connectivity index (χ2n) is 7.41. The maximum absolute atomic E-state index is 12.5. The van der Waals surface area contributed by atoms with Gasteiger partial charge in [-0.1, -0.05) is 17.7 Å². The first-order valence-corrected chi connectivity index (χ1v) is 11.2. The number of piperazine rings is 1. The van der Waals surface area contributed by atoms with Crippen molar-refractivity contribution in [2.75, 3.05) is 44.2 Å². The zero-order chi connectivity index (χ0) is 24.5. The molecule has 0 bridgehead atoms. The molecule has 1 fully saturated rings. The Hall–Kier alpha value is -3.33. The van der Waals surface area contributed by atoms with E-state index in [1.54, 1.807) is 11.8 Å². The number of nitrogens with zero attached hydrogens (tertiary/aromatic N) is 2. The first-order chi connectivity index (χ1) is 16.4. The Morgan fingerprint density at radius 2 is 1.79 bits per heavy atom. The van der Waals surface area contributed by atoms with Crippen LogP contribution < -0.4 is 19.7 Å². The Morgan fingerprint density at radius 1 is 1.09 bits per heavy atom. The van der Waals surface area contributed by atoms with E-state index in [2.05, 4.69) is 15.0 Å². The summed E-state index contributed by atoms with van der Waals surface area (Å²) >= 11 is 5.93. The van der Waals surface area contributed by atoms with Crippen molar-refractivity contribution in [3.05, 3.63) is 59.1 Å². The average Bonchev–Trinajstić information content (AvgIpc) is 2.83. The molecule has 1 saturated heterocycles. The van der Waals surface area contributed by atoms with E-state index in [0.29, 0.717) is 36.8 Å². The maximum Gasteiger partial charge on any atom is 0.387 e. The minimum atomic E-state index is -2.97.